The molecule has 0 bridgehead atoms. The summed E-state index contributed by atoms with van der Waals surface area (Å²) in [4.78, 5) is 28.8. The van der Waals surface area contributed by atoms with Gasteiger partial charge in [-0.3, -0.25) is 9.59 Å². The first-order chi connectivity index (χ1) is 12.1. The molecule has 2 N–H and O–H groups in total. The van der Waals surface area contributed by atoms with Gasteiger partial charge in [-0.25, -0.2) is 0 Å². The van der Waals surface area contributed by atoms with Crippen molar-refractivity contribution in [3.05, 3.63) is 48.0 Å². The van der Waals surface area contributed by atoms with Crippen LogP contribution in [0.1, 0.15) is 30.1 Å². The van der Waals surface area contributed by atoms with E-state index in [1.807, 2.05) is 54.3 Å². The maximum atomic E-state index is 12.9. The van der Waals surface area contributed by atoms with Gasteiger partial charge in [0.15, 0.2) is 0 Å². The lowest BCUT2D eigenvalue weighted by Crippen LogP contribution is -2.54. The maximum absolute atomic E-state index is 12.9. The van der Waals surface area contributed by atoms with E-state index in [-0.39, 0.29) is 11.8 Å². The average Bonchev–Trinajstić information content (AvgIpc) is 2.66. The largest absolute Gasteiger partial charge is 0.338 e. The van der Waals surface area contributed by atoms with Gasteiger partial charge in [-0.1, -0.05) is 49.7 Å². The van der Waals surface area contributed by atoms with Gasteiger partial charge >= 0.3 is 0 Å². The summed E-state index contributed by atoms with van der Waals surface area (Å²) >= 11 is 0. The second-order valence-electron chi connectivity index (χ2n) is 6.54. The number of hydrogen-bond donors (Lipinski definition) is 1. The summed E-state index contributed by atoms with van der Waals surface area (Å²) in [7, 11) is 0. The number of carbonyl (C=O) groups excluding carboxylic acids is 2. The molecule has 0 saturated carbocycles. The van der Waals surface area contributed by atoms with Crippen LogP contribution in [0.15, 0.2) is 42.5 Å². The van der Waals surface area contributed by atoms with Crippen molar-refractivity contribution in [2.24, 2.45) is 5.73 Å². The molecule has 2 aromatic carbocycles. The molecule has 1 aliphatic heterocycles. The van der Waals surface area contributed by atoms with Crippen molar-refractivity contribution in [3.8, 4) is 0 Å². The Balaban J connectivity index is 1.68. The molecule has 0 radical (unpaired) electrons. The summed E-state index contributed by atoms with van der Waals surface area (Å²) in [5, 5.41) is 2.03. The molecule has 2 aromatic rings. The lowest BCUT2D eigenvalue weighted by Gasteiger charge is -2.36. The number of fused-ring (bicyclic) bond motifs is 1. The van der Waals surface area contributed by atoms with Gasteiger partial charge in [0, 0.05) is 31.7 Å². The van der Waals surface area contributed by atoms with E-state index >= 15 is 0 Å². The zero-order chi connectivity index (χ0) is 17.8. The van der Waals surface area contributed by atoms with Crippen molar-refractivity contribution in [1.29, 1.82) is 0 Å². The number of rotatable bonds is 4. The Labute approximate surface area is 148 Å². The molecule has 1 fully saturated rings. The number of benzene rings is 2. The highest BCUT2D eigenvalue weighted by molar-refractivity contribution is 6.07. The molecule has 0 spiro atoms. The lowest BCUT2D eigenvalue weighted by atomic mass is 10.0. The molecule has 25 heavy (non-hydrogen) atoms. The van der Waals surface area contributed by atoms with Crippen molar-refractivity contribution in [2.75, 3.05) is 26.2 Å². The van der Waals surface area contributed by atoms with E-state index < -0.39 is 6.04 Å². The molecule has 1 atom stereocenters. The van der Waals surface area contributed by atoms with Crippen LogP contribution >= 0.6 is 0 Å². The molecule has 5 nitrogen and oxygen atoms in total. The molecule has 2 amide bonds. The van der Waals surface area contributed by atoms with Gasteiger partial charge in [-0.2, -0.15) is 0 Å². The normalized spacial score (nSPS) is 16.1. The average molecular weight is 339 g/mol. The Hall–Kier alpha value is -2.40. The smallest absolute Gasteiger partial charge is 0.254 e. The summed E-state index contributed by atoms with van der Waals surface area (Å²) < 4.78 is 0. The molecule has 1 aliphatic rings. The quantitative estimate of drug-likeness (QED) is 0.929. The zero-order valence-corrected chi connectivity index (χ0v) is 14.6. The third-order valence-corrected chi connectivity index (χ3v) is 4.82. The lowest BCUT2D eigenvalue weighted by molar-refractivity contribution is -0.134. The highest BCUT2D eigenvalue weighted by atomic mass is 16.2. The van der Waals surface area contributed by atoms with Crippen molar-refractivity contribution >= 4 is 22.6 Å². The van der Waals surface area contributed by atoms with Crippen molar-refractivity contribution in [3.63, 3.8) is 0 Å². The molecular formula is C20H25N3O2. The highest BCUT2D eigenvalue weighted by Crippen LogP contribution is 2.20. The van der Waals surface area contributed by atoms with E-state index in [1.54, 1.807) is 4.90 Å². The van der Waals surface area contributed by atoms with Gasteiger partial charge in [-0.15, -0.1) is 0 Å². The molecular weight excluding hydrogens is 314 g/mol. The number of nitrogens with zero attached hydrogens (tertiary/aromatic N) is 2. The van der Waals surface area contributed by atoms with Crippen LogP contribution in [0.5, 0.6) is 0 Å². The van der Waals surface area contributed by atoms with E-state index in [0.717, 1.165) is 22.8 Å². The number of hydrogen-bond acceptors (Lipinski definition) is 3. The van der Waals surface area contributed by atoms with Crippen molar-refractivity contribution in [2.45, 2.75) is 25.8 Å². The van der Waals surface area contributed by atoms with Crippen LogP contribution in [-0.4, -0.2) is 53.8 Å². The van der Waals surface area contributed by atoms with E-state index in [9.17, 15) is 9.59 Å². The second kappa shape index (κ2) is 7.66. The Morgan fingerprint density at radius 1 is 1.00 bits per heavy atom. The topological polar surface area (TPSA) is 66.6 Å². The van der Waals surface area contributed by atoms with E-state index in [0.29, 0.717) is 32.6 Å². The zero-order valence-electron chi connectivity index (χ0n) is 14.6. The fourth-order valence-electron chi connectivity index (χ4n) is 3.38. The number of nitrogens with two attached hydrogens (primary N) is 1. The fraction of sp³-hybridized carbons (Fsp3) is 0.400. The molecule has 132 valence electrons. The number of carbonyl (C=O) groups is 2. The van der Waals surface area contributed by atoms with Crippen LogP contribution in [-0.2, 0) is 4.79 Å². The molecule has 1 unspecified atom stereocenters. The fourth-order valence-corrected chi connectivity index (χ4v) is 3.38. The first-order valence-corrected chi connectivity index (χ1v) is 8.93. The van der Waals surface area contributed by atoms with Gasteiger partial charge in [0.05, 0.1) is 6.04 Å². The van der Waals surface area contributed by atoms with E-state index in [1.165, 1.54) is 0 Å². The predicted octanol–water partition coefficient (Wildman–Crippen LogP) is 2.25. The van der Waals surface area contributed by atoms with Crippen LogP contribution in [0.2, 0.25) is 0 Å². The SMILES string of the molecule is CCCC(N)C(=O)N1CCN(C(=O)c2cccc3ccccc23)CC1. The van der Waals surface area contributed by atoms with Crippen LogP contribution in [0.4, 0.5) is 0 Å². The second-order valence-corrected chi connectivity index (χ2v) is 6.54. The van der Waals surface area contributed by atoms with Gasteiger partial charge < -0.3 is 15.5 Å². The number of amides is 2. The minimum Gasteiger partial charge on any atom is -0.338 e. The summed E-state index contributed by atoms with van der Waals surface area (Å²) in [5.41, 5.74) is 6.66. The Bertz CT molecular complexity index is 761. The summed E-state index contributed by atoms with van der Waals surface area (Å²) in [6, 6.07) is 13.3. The molecule has 1 saturated heterocycles. The minimum absolute atomic E-state index is 0.000824. The Morgan fingerprint density at radius 3 is 2.36 bits per heavy atom. The van der Waals surface area contributed by atoms with Crippen LogP contribution in [0.25, 0.3) is 10.8 Å². The predicted molar refractivity (Wildman–Crippen MR) is 99.3 cm³/mol. The third kappa shape index (κ3) is 3.66. The third-order valence-electron chi connectivity index (χ3n) is 4.82. The van der Waals surface area contributed by atoms with Gasteiger partial charge in [0.2, 0.25) is 5.91 Å². The Morgan fingerprint density at radius 2 is 1.64 bits per heavy atom. The Kier molecular flexibility index (Phi) is 5.34. The standard InChI is InChI=1S/C20H25N3O2/c1-2-6-18(21)20(25)23-13-11-22(12-14-23)19(24)17-10-5-8-15-7-3-4-9-16(15)17/h3-5,7-10,18H,2,6,11-14,21H2,1H3. The molecule has 3 rings (SSSR count). The molecule has 5 heteroatoms. The summed E-state index contributed by atoms with van der Waals surface area (Å²) in [6.07, 6.45) is 1.60. The molecule has 0 aliphatic carbocycles. The minimum atomic E-state index is -0.426. The van der Waals surface area contributed by atoms with Crippen molar-refractivity contribution < 1.29 is 9.59 Å². The van der Waals surface area contributed by atoms with Crippen LogP contribution in [0, 0.1) is 0 Å². The van der Waals surface area contributed by atoms with Crippen LogP contribution < -0.4 is 5.73 Å². The first-order valence-electron chi connectivity index (χ1n) is 8.93. The van der Waals surface area contributed by atoms with Gasteiger partial charge in [0.1, 0.15) is 0 Å². The summed E-state index contributed by atoms with van der Waals surface area (Å²) in [6.45, 7) is 4.21. The maximum Gasteiger partial charge on any atom is 0.254 e. The number of piperazine rings is 1. The summed E-state index contributed by atoms with van der Waals surface area (Å²) in [5.74, 6) is 0.0286. The molecule has 1 heterocycles. The van der Waals surface area contributed by atoms with Crippen LogP contribution in [0.3, 0.4) is 0 Å². The van der Waals surface area contributed by atoms with Gasteiger partial charge in [-0.05, 0) is 23.3 Å². The van der Waals surface area contributed by atoms with Gasteiger partial charge in [0.25, 0.3) is 5.91 Å². The first kappa shape index (κ1) is 17.4. The van der Waals surface area contributed by atoms with E-state index in [2.05, 4.69) is 0 Å². The van der Waals surface area contributed by atoms with Crippen molar-refractivity contribution in [1.82, 2.24) is 9.80 Å². The highest BCUT2D eigenvalue weighted by Gasteiger charge is 2.27. The molecule has 0 aromatic heterocycles. The van der Waals surface area contributed by atoms with E-state index in [4.69, 9.17) is 5.73 Å². The monoisotopic (exact) mass is 339 g/mol.